The van der Waals surface area contributed by atoms with Crippen LogP contribution in [-0.2, 0) is 10.0 Å². The predicted octanol–water partition coefficient (Wildman–Crippen LogP) is 1.38. The number of aryl methyl sites for hydroxylation is 2. The van der Waals surface area contributed by atoms with Crippen LogP contribution in [0.25, 0.3) is 0 Å². The van der Waals surface area contributed by atoms with E-state index in [0.717, 1.165) is 6.26 Å². The van der Waals surface area contributed by atoms with E-state index < -0.39 is 10.0 Å². The molecule has 0 unspecified atom stereocenters. The summed E-state index contributed by atoms with van der Waals surface area (Å²) >= 11 is 0. The molecule has 0 saturated carbocycles. The summed E-state index contributed by atoms with van der Waals surface area (Å²) in [5, 5.41) is 9.45. The lowest BCUT2D eigenvalue weighted by atomic mass is 10.1. The minimum absolute atomic E-state index is 0.198. The van der Waals surface area contributed by atoms with Gasteiger partial charge in [0.1, 0.15) is 5.75 Å². The molecule has 2 N–H and O–H groups in total. The summed E-state index contributed by atoms with van der Waals surface area (Å²) < 4.78 is 24.2. The SMILES string of the molecule is Cc1cc(NS(C)(=O)=O)cc(C)c1O. The number of anilines is 1. The van der Waals surface area contributed by atoms with Crippen LogP contribution in [-0.4, -0.2) is 19.8 Å². The van der Waals surface area contributed by atoms with E-state index in [-0.39, 0.29) is 5.75 Å². The van der Waals surface area contributed by atoms with Gasteiger partial charge in [-0.25, -0.2) is 8.42 Å². The van der Waals surface area contributed by atoms with Crippen LogP contribution >= 0.6 is 0 Å². The lowest BCUT2D eigenvalue weighted by Gasteiger charge is -2.08. The highest BCUT2D eigenvalue weighted by Crippen LogP contribution is 2.25. The molecule has 0 bridgehead atoms. The van der Waals surface area contributed by atoms with Crippen LogP contribution in [0.2, 0.25) is 0 Å². The largest absolute Gasteiger partial charge is 0.507 e. The minimum Gasteiger partial charge on any atom is -0.507 e. The number of sulfonamides is 1. The van der Waals surface area contributed by atoms with Crippen LogP contribution in [0.15, 0.2) is 12.1 Å². The second-order valence-corrected chi connectivity index (χ2v) is 5.08. The van der Waals surface area contributed by atoms with Crippen LogP contribution in [0.3, 0.4) is 0 Å². The van der Waals surface area contributed by atoms with Crippen molar-refractivity contribution < 1.29 is 13.5 Å². The Hall–Kier alpha value is -1.23. The first-order valence-corrected chi connectivity index (χ1v) is 5.97. The molecular weight excluding hydrogens is 202 g/mol. The van der Waals surface area contributed by atoms with E-state index in [0.29, 0.717) is 16.8 Å². The van der Waals surface area contributed by atoms with Gasteiger partial charge < -0.3 is 5.11 Å². The van der Waals surface area contributed by atoms with Gasteiger partial charge in [-0.15, -0.1) is 0 Å². The van der Waals surface area contributed by atoms with Gasteiger partial charge in [0.25, 0.3) is 0 Å². The van der Waals surface area contributed by atoms with E-state index in [1.54, 1.807) is 26.0 Å². The van der Waals surface area contributed by atoms with Crippen molar-refractivity contribution in [2.45, 2.75) is 13.8 Å². The van der Waals surface area contributed by atoms with Gasteiger partial charge in [0.05, 0.1) is 6.26 Å². The first-order valence-electron chi connectivity index (χ1n) is 4.07. The Morgan fingerprint density at radius 3 is 2.00 bits per heavy atom. The number of hydrogen-bond donors (Lipinski definition) is 2. The van der Waals surface area contributed by atoms with Gasteiger partial charge in [-0.05, 0) is 37.1 Å². The van der Waals surface area contributed by atoms with E-state index in [1.807, 2.05) is 0 Å². The minimum atomic E-state index is -3.26. The summed E-state index contributed by atoms with van der Waals surface area (Å²) in [6.07, 6.45) is 1.09. The zero-order chi connectivity index (χ0) is 10.9. The maximum Gasteiger partial charge on any atom is 0.229 e. The fraction of sp³-hybridized carbons (Fsp3) is 0.333. The maximum atomic E-state index is 10.9. The second-order valence-electron chi connectivity index (χ2n) is 3.33. The zero-order valence-electron chi connectivity index (χ0n) is 8.33. The van der Waals surface area contributed by atoms with Crippen LogP contribution in [0.1, 0.15) is 11.1 Å². The first-order chi connectivity index (χ1) is 6.29. The highest BCUT2D eigenvalue weighted by Gasteiger charge is 2.06. The van der Waals surface area contributed by atoms with Gasteiger partial charge in [0.15, 0.2) is 0 Å². The summed E-state index contributed by atoms with van der Waals surface area (Å²) in [4.78, 5) is 0. The van der Waals surface area contributed by atoms with E-state index >= 15 is 0 Å². The monoisotopic (exact) mass is 215 g/mol. The molecule has 0 spiro atoms. The zero-order valence-corrected chi connectivity index (χ0v) is 9.14. The van der Waals surface area contributed by atoms with Crippen molar-refractivity contribution >= 4 is 15.7 Å². The molecule has 14 heavy (non-hydrogen) atoms. The predicted molar refractivity (Wildman–Crippen MR) is 56.0 cm³/mol. The third-order valence-electron chi connectivity index (χ3n) is 1.79. The molecule has 1 aromatic carbocycles. The summed E-state index contributed by atoms with van der Waals surface area (Å²) in [6.45, 7) is 3.44. The van der Waals surface area contributed by atoms with Crippen molar-refractivity contribution in [3.8, 4) is 5.75 Å². The molecule has 0 fully saturated rings. The Morgan fingerprint density at radius 2 is 1.64 bits per heavy atom. The fourth-order valence-corrected chi connectivity index (χ4v) is 1.77. The number of nitrogens with one attached hydrogen (secondary N) is 1. The third kappa shape index (κ3) is 2.63. The molecule has 1 rings (SSSR count). The van der Waals surface area contributed by atoms with Gasteiger partial charge in [-0.3, -0.25) is 4.72 Å². The molecule has 5 heteroatoms. The number of phenols is 1. The molecular formula is C9H13NO3S. The number of benzene rings is 1. The van der Waals surface area contributed by atoms with Gasteiger partial charge in [-0.1, -0.05) is 0 Å². The highest BCUT2D eigenvalue weighted by molar-refractivity contribution is 7.92. The number of phenolic OH excluding ortho intramolecular Hbond substituents is 1. The van der Waals surface area contributed by atoms with Crippen LogP contribution in [0, 0.1) is 13.8 Å². The fourth-order valence-electron chi connectivity index (χ4n) is 1.23. The average molecular weight is 215 g/mol. The Balaban J connectivity index is 3.14. The first kappa shape index (κ1) is 10.8. The molecule has 1 aromatic rings. The maximum absolute atomic E-state index is 10.9. The standard InChI is InChI=1S/C9H13NO3S/c1-6-4-8(10-14(3,12)13)5-7(2)9(6)11/h4-5,10-11H,1-3H3. The van der Waals surface area contributed by atoms with E-state index in [9.17, 15) is 13.5 Å². The van der Waals surface area contributed by atoms with Crippen LogP contribution in [0.4, 0.5) is 5.69 Å². The average Bonchev–Trinajstić information content (AvgIpc) is 1.96. The number of hydrogen-bond acceptors (Lipinski definition) is 3. The molecule has 0 heterocycles. The molecule has 0 aromatic heterocycles. The van der Waals surface area contributed by atoms with E-state index in [4.69, 9.17) is 0 Å². The smallest absolute Gasteiger partial charge is 0.229 e. The third-order valence-corrected chi connectivity index (χ3v) is 2.40. The van der Waals surface area contributed by atoms with Crippen molar-refractivity contribution in [1.82, 2.24) is 0 Å². The van der Waals surface area contributed by atoms with E-state index in [2.05, 4.69) is 4.72 Å². The second kappa shape index (κ2) is 3.49. The Bertz CT molecular complexity index is 428. The Kier molecular flexibility index (Phi) is 2.71. The van der Waals surface area contributed by atoms with Gasteiger partial charge in [-0.2, -0.15) is 0 Å². The summed E-state index contributed by atoms with van der Waals surface area (Å²) in [6, 6.07) is 3.17. The molecule has 0 amide bonds. The van der Waals surface area contributed by atoms with Gasteiger partial charge >= 0.3 is 0 Å². The Labute approximate surface area is 83.6 Å². The van der Waals surface area contributed by atoms with Crippen molar-refractivity contribution in [2.24, 2.45) is 0 Å². The molecule has 0 atom stereocenters. The normalized spacial score (nSPS) is 11.4. The molecule has 4 nitrogen and oxygen atoms in total. The van der Waals surface area contributed by atoms with Crippen molar-refractivity contribution in [2.75, 3.05) is 11.0 Å². The van der Waals surface area contributed by atoms with Crippen LogP contribution in [0.5, 0.6) is 5.75 Å². The topological polar surface area (TPSA) is 66.4 Å². The molecule has 0 aliphatic heterocycles. The summed E-state index contributed by atoms with van der Waals surface area (Å²) in [5.74, 6) is 0.198. The summed E-state index contributed by atoms with van der Waals surface area (Å²) in [7, 11) is -3.26. The molecule has 0 saturated heterocycles. The molecule has 78 valence electrons. The number of aromatic hydroxyl groups is 1. The van der Waals surface area contributed by atoms with Crippen molar-refractivity contribution in [1.29, 1.82) is 0 Å². The molecule has 0 radical (unpaired) electrons. The van der Waals surface area contributed by atoms with Gasteiger partial charge in [0.2, 0.25) is 10.0 Å². The lowest BCUT2D eigenvalue weighted by molar-refractivity contribution is 0.467. The quantitative estimate of drug-likeness (QED) is 0.732. The van der Waals surface area contributed by atoms with Crippen molar-refractivity contribution in [3.05, 3.63) is 23.3 Å². The number of rotatable bonds is 2. The van der Waals surface area contributed by atoms with Gasteiger partial charge in [0, 0.05) is 5.69 Å². The molecule has 0 aliphatic rings. The van der Waals surface area contributed by atoms with Crippen molar-refractivity contribution in [3.63, 3.8) is 0 Å². The van der Waals surface area contributed by atoms with Crippen LogP contribution < -0.4 is 4.72 Å². The highest BCUT2D eigenvalue weighted by atomic mass is 32.2. The summed E-state index contributed by atoms with van der Waals surface area (Å²) in [5.41, 5.74) is 1.77. The lowest BCUT2D eigenvalue weighted by Crippen LogP contribution is -2.09. The Morgan fingerprint density at radius 1 is 1.21 bits per heavy atom. The molecule has 0 aliphatic carbocycles. The van der Waals surface area contributed by atoms with E-state index in [1.165, 1.54) is 0 Å².